The van der Waals surface area contributed by atoms with Gasteiger partial charge in [-0.1, -0.05) is 17.7 Å². The fourth-order valence-electron chi connectivity index (χ4n) is 3.55. The number of carbonyl (C=O) groups is 1. The summed E-state index contributed by atoms with van der Waals surface area (Å²) in [5, 5.41) is 6.41. The van der Waals surface area contributed by atoms with Crippen LogP contribution in [-0.2, 0) is 17.4 Å². The highest BCUT2D eigenvalue weighted by molar-refractivity contribution is 7.10. The van der Waals surface area contributed by atoms with Gasteiger partial charge in [0, 0.05) is 21.3 Å². The molecule has 1 atom stereocenters. The summed E-state index contributed by atoms with van der Waals surface area (Å²) in [6.07, 6.45) is -3.79. The number of carbonyl (C=O) groups excluding carboxylic acids is 1. The van der Waals surface area contributed by atoms with Crippen LogP contribution >= 0.6 is 34.3 Å². The van der Waals surface area contributed by atoms with Crippen LogP contribution < -0.4 is 5.32 Å². The van der Waals surface area contributed by atoms with Crippen LogP contribution in [0.2, 0.25) is 5.02 Å². The first-order valence-corrected chi connectivity index (χ1v) is 11.0. The number of hydrogen-bond donors (Lipinski definition) is 1. The minimum absolute atomic E-state index is 0.00221. The summed E-state index contributed by atoms with van der Waals surface area (Å²) >= 11 is 9.01. The molecule has 1 amide bonds. The van der Waals surface area contributed by atoms with Gasteiger partial charge in [-0.3, -0.25) is 9.69 Å². The van der Waals surface area contributed by atoms with Gasteiger partial charge >= 0.3 is 6.18 Å². The Hall–Kier alpha value is -1.87. The lowest BCUT2D eigenvalue weighted by Crippen LogP contribution is -2.40. The Labute approximate surface area is 178 Å². The van der Waals surface area contributed by atoms with E-state index in [2.05, 4.69) is 11.4 Å². The van der Waals surface area contributed by atoms with E-state index < -0.39 is 17.6 Å². The molecule has 0 fully saturated rings. The molecule has 0 spiro atoms. The zero-order chi connectivity index (χ0) is 20.6. The molecule has 3 heterocycles. The first-order chi connectivity index (χ1) is 13.8. The predicted molar refractivity (Wildman–Crippen MR) is 111 cm³/mol. The van der Waals surface area contributed by atoms with Crippen molar-refractivity contribution in [1.82, 2.24) is 4.90 Å². The summed E-state index contributed by atoms with van der Waals surface area (Å²) in [7, 11) is 0. The van der Waals surface area contributed by atoms with E-state index in [4.69, 9.17) is 11.6 Å². The summed E-state index contributed by atoms with van der Waals surface area (Å²) in [4.78, 5) is 17.1. The Morgan fingerprint density at radius 2 is 2.03 bits per heavy atom. The average Bonchev–Trinajstić information content (AvgIpc) is 3.33. The largest absolute Gasteiger partial charge is 0.418 e. The zero-order valence-electron chi connectivity index (χ0n) is 15.0. The van der Waals surface area contributed by atoms with Gasteiger partial charge in [0.2, 0.25) is 5.91 Å². The van der Waals surface area contributed by atoms with Crippen molar-refractivity contribution in [2.24, 2.45) is 0 Å². The third-order valence-electron chi connectivity index (χ3n) is 4.79. The molecule has 4 rings (SSSR count). The number of rotatable bonds is 4. The Balaban J connectivity index is 1.56. The van der Waals surface area contributed by atoms with E-state index >= 15 is 0 Å². The van der Waals surface area contributed by atoms with Crippen LogP contribution in [0.25, 0.3) is 0 Å². The summed E-state index contributed by atoms with van der Waals surface area (Å²) < 4.78 is 39.9. The van der Waals surface area contributed by atoms with Crippen LogP contribution in [0.5, 0.6) is 0 Å². The standard InChI is InChI=1S/C20H16ClF3N2OS2/c21-12-3-4-15(14(10-12)20(22,23)24)25-18(27)11-26-7-5-16-13(6-9-29-16)19(26)17-2-1-8-28-17/h1-4,6,8-10,19H,5,7,11H2,(H,25,27)/t19-/m1/s1. The van der Waals surface area contributed by atoms with E-state index in [1.165, 1.54) is 22.6 Å². The quantitative estimate of drug-likeness (QED) is 0.517. The molecule has 3 nitrogen and oxygen atoms in total. The molecule has 0 bridgehead atoms. The summed E-state index contributed by atoms with van der Waals surface area (Å²) in [5.41, 5.74) is -0.0706. The molecular weight excluding hydrogens is 441 g/mol. The van der Waals surface area contributed by atoms with Gasteiger partial charge in [-0.2, -0.15) is 13.2 Å². The maximum absolute atomic E-state index is 13.3. The molecule has 3 aromatic rings. The number of halogens is 4. The molecule has 0 saturated carbocycles. The molecular formula is C20H16ClF3N2OS2. The second kappa shape index (κ2) is 8.10. The van der Waals surface area contributed by atoms with Crippen LogP contribution in [0.1, 0.15) is 26.9 Å². The van der Waals surface area contributed by atoms with Crippen molar-refractivity contribution in [1.29, 1.82) is 0 Å². The van der Waals surface area contributed by atoms with Gasteiger partial charge in [0.05, 0.1) is 23.8 Å². The lowest BCUT2D eigenvalue weighted by Gasteiger charge is -2.35. The molecule has 0 unspecified atom stereocenters. The molecule has 0 radical (unpaired) electrons. The van der Waals surface area contributed by atoms with Crippen LogP contribution in [-0.4, -0.2) is 23.9 Å². The summed E-state index contributed by atoms with van der Waals surface area (Å²) in [6.45, 7) is 0.661. The van der Waals surface area contributed by atoms with Gasteiger partial charge < -0.3 is 5.32 Å². The smallest absolute Gasteiger partial charge is 0.324 e. The van der Waals surface area contributed by atoms with E-state index in [0.717, 1.165) is 17.4 Å². The van der Waals surface area contributed by atoms with Gasteiger partial charge in [-0.15, -0.1) is 22.7 Å². The van der Waals surface area contributed by atoms with Crippen LogP contribution in [0.4, 0.5) is 18.9 Å². The topological polar surface area (TPSA) is 32.3 Å². The first-order valence-electron chi connectivity index (χ1n) is 8.83. The molecule has 0 saturated heterocycles. The Bertz CT molecular complexity index is 1020. The van der Waals surface area contributed by atoms with E-state index in [0.29, 0.717) is 6.54 Å². The number of amides is 1. The summed E-state index contributed by atoms with van der Waals surface area (Å²) in [6, 6.07) is 9.32. The molecule has 152 valence electrons. The van der Waals surface area contributed by atoms with E-state index in [-0.39, 0.29) is 23.3 Å². The number of thiophene rings is 2. The fourth-order valence-corrected chi connectivity index (χ4v) is 5.51. The van der Waals surface area contributed by atoms with Gasteiger partial charge in [-0.25, -0.2) is 0 Å². The van der Waals surface area contributed by atoms with Crippen molar-refractivity contribution in [3.8, 4) is 0 Å². The third-order valence-corrected chi connectivity index (χ3v) is 6.94. The molecule has 1 aliphatic rings. The van der Waals surface area contributed by atoms with Crippen molar-refractivity contribution in [2.75, 3.05) is 18.4 Å². The maximum Gasteiger partial charge on any atom is 0.418 e. The summed E-state index contributed by atoms with van der Waals surface area (Å²) in [5.74, 6) is -0.488. The fraction of sp³-hybridized carbons (Fsp3) is 0.250. The third kappa shape index (κ3) is 4.35. The number of nitrogens with zero attached hydrogens (tertiary/aromatic N) is 1. The molecule has 2 aromatic heterocycles. The van der Waals surface area contributed by atoms with E-state index in [9.17, 15) is 18.0 Å². The van der Waals surface area contributed by atoms with Crippen molar-refractivity contribution >= 4 is 45.9 Å². The second-order valence-electron chi connectivity index (χ2n) is 6.67. The van der Waals surface area contributed by atoms with Gasteiger partial charge in [-0.05, 0) is 53.1 Å². The number of anilines is 1. The Morgan fingerprint density at radius 1 is 1.21 bits per heavy atom. The Kier molecular flexibility index (Phi) is 5.70. The molecule has 1 N–H and O–H groups in total. The monoisotopic (exact) mass is 456 g/mol. The normalized spacial score (nSPS) is 17.2. The molecule has 0 aliphatic carbocycles. The molecule has 1 aliphatic heterocycles. The van der Waals surface area contributed by atoms with Crippen molar-refractivity contribution in [2.45, 2.75) is 18.6 Å². The second-order valence-corrected chi connectivity index (χ2v) is 9.09. The predicted octanol–water partition coefficient (Wildman–Crippen LogP) is 6.07. The lowest BCUT2D eigenvalue weighted by molar-refractivity contribution is -0.137. The van der Waals surface area contributed by atoms with E-state index in [1.807, 2.05) is 27.8 Å². The van der Waals surface area contributed by atoms with Crippen LogP contribution in [0.3, 0.4) is 0 Å². The lowest BCUT2D eigenvalue weighted by atomic mass is 9.98. The number of hydrogen-bond acceptors (Lipinski definition) is 4. The van der Waals surface area contributed by atoms with E-state index in [1.54, 1.807) is 22.7 Å². The number of alkyl halides is 3. The van der Waals surface area contributed by atoms with Gasteiger partial charge in [0.1, 0.15) is 0 Å². The SMILES string of the molecule is O=C(CN1CCc2sccc2[C@@H]1c1cccs1)Nc1ccc(Cl)cc1C(F)(F)F. The molecule has 1 aromatic carbocycles. The molecule has 29 heavy (non-hydrogen) atoms. The van der Waals surface area contributed by atoms with Crippen molar-refractivity contribution in [3.05, 3.63) is 73.1 Å². The number of benzene rings is 1. The minimum Gasteiger partial charge on any atom is -0.324 e. The highest BCUT2D eigenvalue weighted by Crippen LogP contribution is 2.40. The molecule has 9 heteroatoms. The average molecular weight is 457 g/mol. The number of nitrogens with one attached hydrogen (secondary N) is 1. The highest BCUT2D eigenvalue weighted by Gasteiger charge is 2.35. The van der Waals surface area contributed by atoms with Crippen LogP contribution in [0.15, 0.2) is 47.2 Å². The Morgan fingerprint density at radius 3 is 2.76 bits per heavy atom. The minimum atomic E-state index is -4.61. The van der Waals surface area contributed by atoms with Crippen molar-refractivity contribution < 1.29 is 18.0 Å². The van der Waals surface area contributed by atoms with Crippen LogP contribution in [0, 0.1) is 0 Å². The van der Waals surface area contributed by atoms with Gasteiger partial charge in [0.15, 0.2) is 0 Å². The zero-order valence-corrected chi connectivity index (χ0v) is 17.4. The maximum atomic E-state index is 13.3. The highest BCUT2D eigenvalue weighted by atomic mass is 35.5. The number of fused-ring (bicyclic) bond motifs is 1. The first kappa shape index (κ1) is 20.4. The van der Waals surface area contributed by atoms with Gasteiger partial charge in [0.25, 0.3) is 0 Å². The van der Waals surface area contributed by atoms with Crippen molar-refractivity contribution in [3.63, 3.8) is 0 Å².